The normalized spacial score (nSPS) is 19.2. The topological polar surface area (TPSA) is 49.4 Å². The van der Waals surface area contributed by atoms with E-state index in [0.717, 1.165) is 16.5 Å². The van der Waals surface area contributed by atoms with E-state index in [1.807, 2.05) is 31.2 Å². The summed E-state index contributed by atoms with van der Waals surface area (Å²) in [6.45, 7) is 2.31. The summed E-state index contributed by atoms with van der Waals surface area (Å²) in [6, 6.07) is 6.94. The van der Waals surface area contributed by atoms with E-state index in [2.05, 4.69) is 21.2 Å². The summed E-state index contributed by atoms with van der Waals surface area (Å²) in [5, 5.41) is 2.72. The number of nitrogens with one attached hydrogen (secondary N) is 1. The second-order valence-corrected chi connectivity index (χ2v) is 5.16. The van der Waals surface area contributed by atoms with E-state index in [0.29, 0.717) is 13.0 Å². The van der Waals surface area contributed by atoms with Crippen LogP contribution in [0.4, 0.5) is 4.79 Å². The summed E-state index contributed by atoms with van der Waals surface area (Å²) < 4.78 is 0.907. The summed E-state index contributed by atoms with van der Waals surface area (Å²) in [5.41, 5.74) is 0.929. The Hall–Kier alpha value is -1.36. The van der Waals surface area contributed by atoms with E-state index in [4.69, 9.17) is 0 Å². The highest BCUT2D eigenvalue weighted by molar-refractivity contribution is 9.10. The minimum Gasteiger partial charge on any atom is -0.326 e. The maximum atomic E-state index is 12.0. The summed E-state index contributed by atoms with van der Waals surface area (Å²) in [5.74, 6) is -0.127. The molecule has 0 aliphatic carbocycles. The van der Waals surface area contributed by atoms with Crippen LogP contribution in [0.15, 0.2) is 28.7 Å². The zero-order valence-electron chi connectivity index (χ0n) is 10.1. The molecular weight excluding hydrogens is 296 g/mol. The zero-order chi connectivity index (χ0) is 13.1. The van der Waals surface area contributed by atoms with Gasteiger partial charge >= 0.3 is 6.03 Å². The summed E-state index contributed by atoms with van der Waals surface area (Å²) >= 11 is 3.42. The van der Waals surface area contributed by atoms with Crippen LogP contribution in [0.1, 0.15) is 25.3 Å². The Morgan fingerprint density at radius 1 is 1.33 bits per heavy atom. The van der Waals surface area contributed by atoms with Crippen molar-refractivity contribution in [3.05, 3.63) is 34.3 Å². The molecule has 1 heterocycles. The SMILES string of the molecule is CCCC1NC(=O)N(Cc2ccccc2Br)C1=O. The number of halogens is 1. The molecule has 0 radical (unpaired) electrons. The average Bonchev–Trinajstić information content (AvgIpc) is 2.60. The molecule has 1 atom stereocenters. The predicted molar refractivity (Wildman–Crippen MR) is 71.9 cm³/mol. The highest BCUT2D eigenvalue weighted by Gasteiger charge is 2.37. The van der Waals surface area contributed by atoms with Crippen molar-refractivity contribution < 1.29 is 9.59 Å². The minimum absolute atomic E-state index is 0.127. The third kappa shape index (κ3) is 2.56. The number of urea groups is 1. The van der Waals surface area contributed by atoms with Crippen molar-refractivity contribution in [1.29, 1.82) is 0 Å². The van der Waals surface area contributed by atoms with Gasteiger partial charge in [0.2, 0.25) is 0 Å². The van der Waals surface area contributed by atoms with Gasteiger partial charge in [0, 0.05) is 4.47 Å². The van der Waals surface area contributed by atoms with E-state index < -0.39 is 0 Å². The lowest BCUT2D eigenvalue weighted by Crippen LogP contribution is -2.31. The number of carbonyl (C=O) groups is 2. The van der Waals surface area contributed by atoms with Gasteiger partial charge in [-0.2, -0.15) is 0 Å². The number of carbonyl (C=O) groups excluding carboxylic acids is 2. The molecular formula is C13H15BrN2O2. The molecule has 1 aliphatic heterocycles. The van der Waals surface area contributed by atoms with Crippen molar-refractivity contribution in [1.82, 2.24) is 10.2 Å². The van der Waals surface area contributed by atoms with Gasteiger partial charge in [-0.05, 0) is 18.1 Å². The number of hydrogen-bond donors (Lipinski definition) is 1. The molecule has 1 aromatic carbocycles. The number of benzene rings is 1. The van der Waals surface area contributed by atoms with Gasteiger partial charge in [-0.25, -0.2) is 4.79 Å². The summed E-state index contributed by atoms with van der Waals surface area (Å²) in [6.07, 6.45) is 1.57. The lowest BCUT2D eigenvalue weighted by molar-refractivity contribution is -0.128. The minimum atomic E-state index is -0.356. The van der Waals surface area contributed by atoms with E-state index in [-0.39, 0.29) is 18.0 Å². The molecule has 0 saturated carbocycles. The summed E-state index contributed by atoms with van der Waals surface area (Å²) in [7, 11) is 0. The van der Waals surface area contributed by atoms with E-state index in [1.54, 1.807) is 0 Å². The van der Waals surface area contributed by atoms with Crippen LogP contribution in [0.5, 0.6) is 0 Å². The predicted octanol–water partition coefficient (Wildman–Crippen LogP) is 2.67. The molecule has 3 amide bonds. The van der Waals surface area contributed by atoms with Crippen molar-refractivity contribution in [2.75, 3.05) is 0 Å². The van der Waals surface area contributed by atoms with Gasteiger partial charge in [0.15, 0.2) is 0 Å². The lowest BCUT2D eigenvalue weighted by Gasteiger charge is -2.14. The molecule has 1 fully saturated rings. The largest absolute Gasteiger partial charge is 0.326 e. The van der Waals surface area contributed by atoms with Crippen molar-refractivity contribution in [3.63, 3.8) is 0 Å². The third-order valence-corrected chi connectivity index (χ3v) is 3.74. The van der Waals surface area contributed by atoms with Gasteiger partial charge in [0.25, 0.3) is 5.91 Å². The maximum Gasteiger partial charge on any atom is 0.325 e. The van der Waals surface area contributed by atoms with Gasteiger partial charge in [0.1, 0.15) is 6.04 Å². The first-order chi connectivity index (χ1) is 8.63. The maximum absolute atomic E-state index is 12.0. The first-order valence-corrected chi connectivity index (χ1v) is 6.78. The standard InChI is InChI=1S/C13H15BrN2O2/c1-2-5-11-12(17)16(13(18)15-11)8-9-6-3-4-7-10(9)14/h3-4,6-7,11H,2,5,8H2,1H3,(H,15,18). The van der Waals surface area contributed by atoms with Crippen molar-refractivity contribution in [2.24, 2.45) is 0 Å². The molecule has 18 heavy (non-hydrogen) atoms. The number of nitrogens with zero attached hydrogens (tertiary/aromatic N) is 1. The van der Waals surface area contributed by atoms with Crippen molar-refractivity contribution in [2.45, 2.75) is 32.4 Å². The van der Waals surface area contributed by atoms with Gasteiger partial charge < -0.3 is 5.32 Å². The Balaban J connectivity index is 2.12. The van der Waals surface area contributed by atoms with Crippen LogP contribution in [0.25, 0.3) is 0 Å². The third-order valence-electron chi connectivity index (χ3n) is 2.97. The lowest BCUT2D eigenvalue weighted by atomic mass is 10.1. The fraction of sp³-hybridized carbons (Fsp3) is 0.385. The number of amides is 3. The molecule has 1 aliphatic rings. The van der Waals surface area contributed by atoms with Crippen LogP contribution in [-0.2, 0) is 11.3 Å². The Labute approximate surface area is 114 Å². The molecule has 1 aromatic rings. The highest BCUT2D eigenvalue weighted by Crippen LogP contribution is 2.20. The fourth-order valence-corrected chi connectivity index (χ4v) is 2.42. The smallest absolute Gasteiger partial charge is 0.325 e. The summed E-state index contributed by atoms with van der Waals surface area (Å²) in [4.78, 5) is 25.1. The van der Waals surface area contributed by atoms with Crippen molar-refractivity contribution >= 4 is 27.9 Å². The van der Waals surface area contributed by atoms with Crippen LogP contribution in [0.2, 0.25) is 0 Å². The van der Waals surface area contributed by atoms with Crippen LogP contribution in [0.3, 0.4) is 0 Å². The molecule has 0 aromatic heterocycles. The Kier molecular flexibility index (Phi) is 4.01. The first kappa shape index (κ1) is 13.1. The zero-order valence-corrected chi connectivity index (χ0v) is 11.7. The second-order valence-electron chi connectivity index (χ2n) is 4.31. The monoisotopic (exact) mass is 310 g/mol. The Morgan fingerprint density at radius 3 is 2.72 bits per heavy atom. The highest BCUT2D eigenvalue weighted by atomic mass is 79.9. The number of imide groups is 1. The van der Waals surface area contributed by atoms with Gasteiger partial charge in [-0.15, -0.1) is 0 Å². The molecule has 0 spiro atoms. The average molecular weight is 311 g/mol. The van der Waals surface area contributed by atoms with Crippen LogP contribution >= 0.6 is 15.9 Å². The van der Waals surface area contributed by atoms with Crippen LogP contribution in [0, 0.1) is 0 Å². The molecule has 4 nitrogen and oxygen atoms in total. The molecule has 1 N–H and O–H groups in total. The Bertz CT molecular complexity index is 476. The molecule has 1 unspecified atom stereocenters. The quantitative estimate of drug-likeness (QED) is 0.869. The molecule has 1 saturated heterocycles. The fourth-order valence-electron chi connectivity index (χ4n) is 2.01. The number of rotatable bonds is 4. The van der Waals surface area contributed by atoms with E-state index in [1.165, 1.54) is 4.90 Å². The van der Waals surface area contributed by atoms with Gasteiger partial charge in [-0.1, -0.05) is 47.5 Å². The van der Waals surface area contributed by atoms with Crippen LogP contribution < -0.4 is 5.32 Å². The van der Waals surface area contributed by atoms with Gasteiger partial charge in [-0.3, -0.25) is 9.69 Å². The van der Waals surface area contributed by atoms with E-state index in [9.17, 15) is 9.59 Å². The van der Waals surface area contributed by atoms with Crippen LogP contribution in [-0.4, -0.2) is 22.9 Å². The Morgan fingerprint density at radius 2 is 2.06 bits per heavy atom. The molecule has 96 valence electrons. The van der Waals surface area contributed by atoms with Crippen molar-refractivity contribution in [3.8, 4) is 0 Å². The van der Waals surface area contributed by atoms with Gasteiger partial charge in [0.05, 0.1) is 6.54 Å². The second kappa shape index (κ2) is 5.52. The first-order valence-electron chi connectivity index (χ1n) is 5.98. The number of hydrogen-bond acceptors (Lipinski definition) is 2. The molecule has 5 heteroatoms. The van der Waals surface area contributed by atoms with E-state index >= 15 is 0 Å². The molecule has 2 rings (SSSR count). The molecule has 0 bridgehead atoms.